The molecule has 0 spiro atoms. The Morgan fingerprint density at radius 3 is 2.55 bits per heavy atom. The molecule has 1 heterocycles. The number of benzene rings is 2. The maximum Gasteiger partial charge on any atom is 0.246 e. The van der Waals surface area contributed by atoms with Gasteiger partial charge in [0, 0.05) is 23.6 Å². The number of nitrogens with zero attached hydrogens (tertiary/aromatic N) is 2. The molecule has 0 radical (unpaired) electrons. The van der Waals surface area contributed by atoms with Crippen LogP contribution in [0.15, 0.2) is 53.6 Å². The fourth-order valence-electron chi connectivity index (χ4n) is 4.39. The van der Waals surface area contributed by atoms with Gasteiger partial charge >= 0.3 is 0 Å². The summed E-state index contributed by atoms with van der Waals surface area (Å²) in [5.74, 6) is -0.518. The van der Waals surface area contributed by atoms with Gasteiger partial charge < -0.3 is 0 Å². The summed E-state index contributed by atoms with van der Waals surface area (Å²) in [6.45, 7) is 0. The topological polar surface area (TPSA) is 78.8 Å². The summed E-state index contributed by atoms with van der Waals surface area (Å²) >= 11 is 0. The molecule has 0 aromatic heterocycles. The van der Waals surface area contributed by atoms with E-state index in [9.17, 15) is 17.6 Å². The minimum absolute atomic E-state index is 0.0617. The molecule has 4 rings (SSSR count). The quantitative estimate of drug-likeness (QED) is 0.741. The maximum absolute atomic E-state index is 14.6. The number of carbonyl (C=O) groups excluding carboxylic acids is 1. The number of anilines is 1. The second-order valence-electron chi connectivity index (χ2n) is 8.26. The largest absolute Gasteiger partial charge is 0.284 e. The minimum Gasteiger partial charge on any atom is -0.284 e. The highest BCUT2D eigenvalue weighted by Crippen LogP contribution is 2.37. The van der Waals surface area contributed by atoms with Crippen molar-refractivity contribution in [2.75, 3.05) is 11.0 Å². The van der Waals surface area contributed by atoms with Crippen LogP contribution in [-0.2, 0) is 14.8 Å². The van der Waals surface area contributed by atoms with Crippen LogP contribution in [0.3, 0.4) is 0 Å². The number of hydrazone groups is 1. The summed E-state index contributed by atoms with van der Waals surface area (Å²) in [7, 11) is -3.42. The van der Waals surface area contributed by atoms with E-state index in [4.69, 9.17) is 0 Å². The first-order valence-electron chi connectivity index (χ1n) is 10.5. The summed E-state index contributed by atoms with van der Waals surface area (Å²) in [6, 6.07) is 12.9. The van der Waals surface area contributed by atoms with Gasteiger partial charge in [0.1, 0.15) is 5.82 Å². The molecule has 31 heavy (non-hydrogen) atoms. The molecule has 2 aromatic carbocycles. The number of sulfonamides is 1. The lowest BCUT2D eigenvalue weighted by Crippen LogP contribution is -2.34. The predicted octanol–water partition coefficient (Wildman–Crippen LogP) is 4.46. The van der Waals surface area contributed by atoms with Crippen molar-refractivity contribution in [2.24, 2.45) is 11.0 Å². The molecular formula is C23H26FN3O3S. The Morgan fingerprint density at radius 2 is 1.84 bits per heavy atom. The smallest absolute Gasteiger partial charge is 0.246 e. The van der Waals surface area contributed by atoms with E-state index in [1.807, 2.05) is 6.07 Å². The summed E-state index contributed by atoms with van der Waals surface area (Å²) in [6.07, 6.45) is 6.28. The monoisotopic (exact) mass is 443 g/mol. The molecule has 1 atom stereocenters. The third-order valence-corrected chi connectivity index (χ3v) is 6.46. The number of amides is 1. The van der Waals surface area contributed by atoms with Crippen molar-refractivity contribution in [1.82, 2.24) is 5.01 Å². The fraction of sp³-hybridized carbons (Fsp3) is 0.391. The van der Waals surface area contributed by atoms with E-state index in [1.54, 1.807) is 36.4 Å². The lowest BCUT2D eigenvalue weighted by atomic mass is 9.88. The van der Waals surface area contributed by atoms with Crippen molar-refractivity contribution in [1.29, 1.82) is 0 Å². The van der Waals surface area contributed by atoms with Crippen molar-refractivity contribution in [3.05, 3.63) is 65.5 Å². The highest BCUT2D eigenvalue weighted by atomic mass is 32.2. The van der Waals surface area contributed by atoms with Crippen molar-refractivity contribution in [3.8, 4) is 0 Å². The zero-order valence-electron chi connectivity index (χ0n) is 17.4. The highest BCUT2D eigenvalue weighted by Gasteiger charge is 2.37. The number of nitrogens with one attached hydrogen (secondary N) is 1. The van der Waals surface area contributed by atoms with Crippen LogP contribution in [0.4, 0.5) is 10.1 Å². The molecule has 1 unspecified atom stereocenters. The number of hydrogen-bond donors (Lipinski definition) is 1. The van der Waals surface area contributed by atoms with Gasteiger partial charge in [-0.2, -0.15) is 5.10 Å². The van der Waals surface area contributed by atoms with E-state index >= 15 is 0 Å². The van der Waals surface area contributed by atoms with Gasteiger partial charge in [-0.3, -0.25) is 9.52 Å². The Balaban J connectivity index is 1.68. The van der Waals surface area contributed by atoms with Crippen LogP contribution in [0.5, 0.6) is 0 Å². The summed E-state index contributed by atoms with van der Waals surface area (Å²) in [5.41, 5.74) is 2.20. The van der Waals surface area contributed by atoms with E-state index in [1.165, 1.54) is 11.1 Å². The SMILES string of the molecule is CS(=O)(=O)Nc1cccc(C2=NN(C(=O)C3CCCCC3)C(c3ccccc3F)C2)c1. The summed E-state index contributed by atoms with van der Waals surface area (Å²) < 4.78 is 40.3. The van der Waals surface area contributed by atoms with Gasteiger partial charge in [-0.25, -0.2) is 17.8 Å². The molecule has 2 aromatic rings. The van der Waals surface area contributed by atoms with Crippen molar-refractivity contribution in [2.45, 2.75) is 44.6 Å². The van der Waals surface area contributed by atoms with Crippen LogP contribution >= 0.6 is 0 Å². The van der Waals surface area contributed by atoms with Crippen molar-refractivity contribution in [3.63, 3.8) is 0 Å². The van der Waals surface area contributed by atoms with Crippen LogP contribution < -0.4 is 4.72 Å². The standard InChI is InChI=1S/C23H26FN3O3S/c1-31(29,30)26-18-11-7-10-17(14-18)21-15-22(19-12-5-6-13-20(19)24)27(25-21)23(28)16-8-3-2-4-9-16/h5-7,10-14,16,22,26H,2-4,8-9,15H2,1H3. The van der Waals surface area contributed by atoms with Crippen molar-refractivity contribution < 1.29 is 17.6 Å². The summed E-state index contributed by atoms with van der Waals surface area (Å²) in [4.78, 5) is 13.3. The first kappa shape index (κ1) is 21.5. The van der Waals surface area contributed by atoms with Gasteiger partial charge in [0.25, 0.3) is 0 Å². The maximum atomic E-state index is 14.6. The van der Waals surface area contributed by atoms with Crippen LogP contribution in [0, 0.1) is 11.7 Å². The Kier molecular flexibility index (Phi) is 6.09. The zero-order valence-corrected chi connectivity index (χ0v) is 18.2. The third-order valence-electron chi connectivity index (χ3n) is 5.85. The lowest BCUT2D eigenvalue weighted by Gasteiger charge is -2.28. The molecule has 1 aliphatic heterocycles. The van der Waals surface area contributed by atoms with Gasteiger partial charge in [-0.15, -0.1) is 0 Å². The molecule has 1 fully saturated rings. The Labute approximate surface area is 182 Å². The number of hydrogen-bond acceptors (Lipinski definition) is 4. The Bertz CT molecular complexity index is 1110. The molecule has 1 aliphatic carbocycles. The zero-order chi connectivity index (χ0) is 22.0. The molecule has 2 aliphatic rings. The van der Waals surface area contributed by atoms with Gasteiger partial charge in [-0.05, 0) is 36.6 Å². The van der Waals surface area contributed by atoms with Gasteiger partial charge in [-0.1, -0.05) is 49.6 Å². The average molecular weight is 444 g/mol. The number of rotatable bonds is 5. The van der Waals surface area contributed by atoms with Crippen LogP contribution in [0.25, 0.3) is 0 Å². The first-order chi connectivity index (χ1) is 14.8. The molecule has 164 valence electrons. The Morgan fingerprint density at radius 1 is 1.10 bits per heavy atom. The van der Waals surface area contributed by atoms with E-state index in [-0.39, 0.29) is 17.6 Å². The molecule has 1 N–H and O–H groups in total. The van der Waals surface area contributed by atoms with Gasteiger partial charge in [0.2, 0.25) is 15.9 Å². The summed E-state index contributed by atoms with van der Waals surface area (Å²) in [5, 5.41) is 6.09. The molecule has 8 heteroatoms. The van der Waals surface area contributed by atoms with Crippen LogP contribution in [0.1, 0.15) is 55.7 Å². The second kappa shape index (κ2) is 8.78. The van der Waals surface area contributed by atoms with E-state index in [0.29, 0.717) is 28.9 Å². The third kappa shape index (κ3) is 4.95. The molecule has 6 nitrogen and oxygen atoms in total. The molecule has 0 bridgehead atoms. The lowest BCUT2D eigenvalue weighted by molar-refractivity contribution is -0.138. The number of carbonyl (C=O) groups is 1. The Hall–Kier alpha value is -2.74. The molecule has 1 amide bonds. The van der Waals surface area contributed by atoms with Gasteiger partial charge in [0.15, 0.2) is 0 Å². The van der Waals surface area contributed by atoms with Crippen LogP contribution in [-0.4, -0.2) is 31.3 Å². The second-order valence-corrected chi connectivity index (χ2v) is 10.0. The van der Waals surface area contributed by atoms with Crippen molar-refractivity contribution >= 4 is 27.3 Å². The number of halogens is 1. The van der Waals surface area contributed by atoms with E-state index in [2.05, 4.69) is 9.82 Å². The molecular weight excluding hydrogens is 417 g/mol. The predicted molar refractivity (Wildman–Crippen MR) is 119 cm³/mol. The van der Waals surface area contributed by atoms with Crippen LogP contribution in [0.2, 0.25) is 0 Å². The van der Waals surface area contributed by atoms with E-state index < -0.39 is 16.1 Å². The normalized spacial score (nSPS) is 19.9. The molecule has 1 saturated carbocycles. The highest BCUT2D eigenvalue weighted by molar-refractivity contribution is 7.92. The fourth-order valence-corrected chi connectivity index (χ4v) is 4.94. The average Bonchev–Trinajstić information content (AvgIpc) is 3.18. The molecule has 0 saturated heterocycles. The first-order valence-corrected chi connectivity index (χ1v) is 12.4. The van der Waals surface area contributed by atoms with Gasteiger partial charge in [0.05, 0.1) is 18.0 Å². The minimum atomic E-state index is -3.42. The van der Waals surface area contributed by atoms with E-state index in [0.717, 1.165) is 38.4 Å².